The summed E-state index contributed by atoms with van der Waals surface area (Å²) >= 11 is 0. The summed E-state index contributed by atoms with van der Waals surface area (Å²) in [5, 5.41) is 3.05. The molecule has 0 heterocycles. The summed E-state index contributed by atoms with van der Waals surface area (Å²) in [6.07, 6.45) is 0.523. The Kier molecular flexibility index (Phi) is 8.38. The second kappa shape index (κ2) is 10.0. The fourth-order valence-corrected chi connectivity index (χ4v) is 2.42. The first-order valence-corrected chi connectivity index (χ1v) is 7.71. The standard InChI is InChI=1S/C19H24N2O.ClH/c1-16-8-6-7-11-18(16)15-21(19(22)12-13-20-2)14-17-9-4-3-5-10-17;/h3-11,20H,12-15H2,1-2H3;1H. The molecule has 0 aromatic heterocycles. The third kappa shape index (κ3) is 6.05. The molecule has 0 aliphatic carbocycles. The van der Waals surface area contributed by atoms with Gasteiger partial charge >= 0.3 is 0 Å². The highest BCUT2D eigenvalue weighted by Crippen LogP contribution is 2.14. The summed E-state index contributed by atoms with van der Waals surface area (Å²) in [6, 6.07) is 18.4. The zero-order chi connectivity index (χ0) is 15.8. The van der Waals surface area contributed by atoms with Crippen LogP contribution >= 0.6 is 12.4 Å². The van der Waals surface area contributed by atoms with Gasteiger partial charge in [-0.25, -0.2) is 0 Å². The Morgan fingerprint density at radius 1 is 1.00 bits per heavy atom. The molecule has 4 heteroatoms. The molecular formula is C19H25ClN2O. The second-order valence-electron chi connectivity index (χ2n) is 5.52. The van der Waals surface area contributed by atoms with E-state index in [1.54, 1.807) is 0 Å². The Morgan fingerprint density at radius 3 is 2.30 bits per heavy atom. The van der Waals surface area contributed by atoms with Gasteiger partial charge in [0.25, 0.3) is 0 Å². The number of aryl methyl sites for hydroxylation is 1. The molecule has 0 saturated carbocycles. The molecule has 2 rings (SSSR count). The van der Waals surface area contributed by atoms with Crippen LogP contribution < -0.4 is 5.32 Å². The Balaban J connectivity index is 0.00000264. The Hall–Kier alpha value is -1.84. The number of nitrogens with zero attached hydrogens (tertiary/aromatic N) is 1. The monoisotopic (exact) mass is 332 g/mol. The van der Waals surface area contributed by atoms with E-state index in [1.165, 1.54) is 11.1 Å². The van der Waals surface area contributed by atoms with Crippen molar-refractivity contribution in [3.8, 4) is 0 Å². The first-order chi connectivity index (χ1) is 10.7. The van der Waals surface area contributed by atoms with E-state index in [9.17, 15) is 4.79 Å². The lowest BCUT2D eigenvalue weighted by Crippen LogP contribution is -2.32. The summed E-state index contributed by atoms with van der Waals surface area (Å²) < 4.78 is 0. The van der Waals surface area contributed by atoms with Crippen LogP contribution in [0.2, 0.25) is 0 Å². The van der Waals surface area contributed by atoms with Crippen molar-refractivity contribution < 1.29 is 4.79 Å². The lowest BCUT2D eigenvalue weighted by molar-refractivity contribution is -0.132. The minimum absolute atomic E-state index is 0. The maximum absolute atomic E-state index is 12.5. The van der Waals surface area contributed by atoms with E-state index in [-0.39, 0.29) is 18.3 Å². The third-order valence-corrected chi connectivity index (χ3v) is 3.78. The van der Waals surface area contributed by atoms with Gasteiger partial charge in [0.2, 0.25) is 5.91 Å². The molecular weight excluding hydrogens is 308 g/mol. The third-order valence-electron chi connectivity index (χ3n) is 3.78. The van der Waals surface area contributed by atoms with E-state index in [4.69, 9.17) is 0 Å². The van der Waals surface area contributed by atoms with Gasteiger partial charge in [-0.05, 0) is 30.7 Å². The summed E-state index contributed by atoms with van der Waals surface area (Å²) in [6.45, 7) is 4.10. The normalized spacial score (nSPS) is 10.0. The van der Waals surface area contributed by atoms with Crippen molar-refractivity contribution >= 4 is 18.3 Å². The molecule has 124 valence electrons. The minimum atomic E-state index is 0. The van der Waals surface area contributed by atoms with Gasteiger partial charge in [0.15, 0.2) is 0 Å². The highest BCUT2D eigenvalue weighted by Gasteiger charge is 2.14. The molecule has 0 fully saturated rings. The van der Waals surface area contributed by atoms with Gasteiger partial charge in [0.05, 0.1) is 0 Å². The van der Waals surface area contributed by atoms with Crippen LogP contribution in [-0.2, 0) is 17.9 Å². The van der Waals surface area contributed by atoms with Crippen LogP contribution in [0.1, 0.15) is 23.1 Å². The van der Waals surface area contributed by atoms with Crippen molar-refractivity contribution in [3.63, 3.8) is 0 Å². The molecule has 0 radical (unpaired) electrons. The van der Waals surface area contributed by atoms with E-state index < -0.39 is 0 Å². The number of nitrogens with one attached hydrogen (secondary N) is 1. The quantitative estimate of drug-likeness (QED) is 0.841. The van der Waals surface area contributed by atoms with Crippen molar-refractivity contribution in [2.45, 2.75) is 26.4 Å². The van der Waals surface area contributed by atoms with Gasteiger partial charge in [-0.1, -0.05) is 54.6 Å². The molecule has 3 nitrogen and oxygen atoms in total. The summed E-state index contributed by atoms with van der Waals surface area (Å²) in [5.74, 6) is 0.182. The molecule has 0 spiro atoms. The largest absolute Gasteiger partial charge is 0.334 e. The maximum Gasteiger partial charge on any atom is 0.224 e. The second-order valence-corrected chi connectivity index (χ2v) is 5.52. The Morgan fingerprint density at radius 2 is 1.65 bits per heavy atom. The zero-order valence-corrected chi connectivity index (χ0v) is 14.6. The number of hydrogen-bond donors (Lipinski definition) is 1. The van der Waals surface area contributed by atoms with Crippen LogP contribution in [0.25, 0.3) is 0 Å². The molecule has 0 unspecified atom stereocenters. The molecule has 1 N–H and O–H groups in total. The van der Waals surface area contributed by atoms with E-state index in [0.717, 1.165) is 5.56 Å². The predicted octanol–water partition coefficient (Wildman–Crippen LogP) is 3.56. The molecule has 1 amide bonds. The molecule has 2 aromatic rings. The molecule has 0 bridgehead atoms. The van der Waals surface area contributed by atoms with Crippen LogP contribution in [0.3, 0.4) is 0 Å². The average Bonchev–Trinajstić information content (AvgIpc) is 2.55. The smallest absolute Gasteiger partial charge is 0.224 e. The van der Waals surface area contributed by atoms with Crippen molar-refractivity contribution in [1.29, 1.82) is 0 Å². The van der Waals surface area contributed by atoms with Crippen molar-refractivity contribution in [2.75, 3.05) is 13.6 Å². The Bertz CT molecular complexity index is 601. The number of hydrogen-bond acceptors (Lipinski definition) is 2. The van der Waals surface area contributed by atoms with Crippen molar-refractivity contribution in [1.82, 2.24) is 10.2 Å². The topological polar surface area (TPSA) is 32.3 Å². The first-order valence-electron chi connectivity index (χ1n) is 7.71. The number of halogens is 1. The first kappa shape index (κ1) is 19.2. The molecule has 2 aromatic carbocycles. The number of benzene rings is 2. The lowest BCUT2D eigenvalue weighted by Gasteiger charge is -2.24. The van der Waals surface area contributed by atoms with Gasteiger partial charge in [0, 0.05) is 26.1 Å². The Labute approximate surface area is 145 Å². The minimum Gasteiger partial charge on any atom is -0.334 e. The van der Waals surface area contributed by atoms with Crippen LogP contribution in [0.4, 0.5) is 0 Å². The fraction of sp³-hybridized carbons (Fsp3) is 0.316. The van der Waals surface area contributed by atoms with Gasteiger partial charge in [0.1, 0.15) is 0 Å². The van der Waals surface area contributed by atoms with Crippen LogP contribution in [-0.4, -0.2) is 24.4 Å². The fourth-order valence-electron chi connectivity index (χ4n) is 2.42. The van der Waals surface area contributed by atoms with Gasteiger partial charge in [-0.2, -0.15) is 0 Å². The van der Waals surface area contributed by atoms with Crippen molar-refractivity contribution in [2.24, 2.45) is 0 Å². The predicted molar refractivity (Wildman–Crippen MR) is 97.7 cm³/mol. The van der Waals surface area contributed by atoms with Gasteiger partial charge in [-0.15, -0.1) is 12.4 Å². The van der Waals surface area contributed by atoms with Crippen LogP contribution in [0, 0.1) is 6.92 Å². The molecule has 23 heavy (non-hydrogen) atoms. The van der Waals surface area contributed by atoms with Gasteiger partial charge < -0.3 is 10.2 Å². The lowest BCUT2D eigenvalue weighted by atomic mass is 10.1. The average molecular weight is 333 g/mol. The molecule has 0 aliphatic heterocycles. The number of carbonyl (C=O) groups excluding carboxylic acids is 1. The molecule has 0 saturated heterocycles. The SMILES string of the molecule is CNCCC(=O)N(Cc1ccccc1)Cc1ccccc1C.Cl. The van der Waals surface area contributed by atoms with Gasteiger partial charge in [-0.3, -0.25) is 4.79 Å². The number of carbonyl (C=O) groups is 1. The van der Waals surface area contributed by atoms with Crippen molar-refractivity contribution in [3.05, 3.63) is 71.3 Å². The highest BCUT2D eigenvalue weighted by molar-refractivity contribution is 5.85. The summed E-state index contributed by atoms with van der Waals surface area (Å²) in [5.41, 5.74) is 3.59. The number of rotatable bonds is 7. The van der Waals surface area contributed by atoms with E-state index in [1.807, 2.05) is 42.3 Å². The zero-order valence-electron chi connectivity index (χ0n) is 13.8. The van der Waals surface area contributed by atoms with Crippen LogP contribution in [0.5, 0.6) is 0 Å². The highest BCUT2D eigenvalue weighted by atomic mass is 35.5. The van der Waals surface area contributed by atoms with E-state index >= 15 is 0 Å². The summed E-state index contributed by atoms with van der Waals surface area (Å²) in [4.78, 5) is 14.4. The maximum atomic E-state index is 12.5. The molecule has 0 aliphatic rings. The number of amides is 1. The van der Waals surface area contributed by atoms with Crippen LogP contribution in [0.15, 0.2) is 54.6 Å². The van der Waals surface area contributed by atoms with E-state index in [0.29, 0.717) is 26.1 Å². The summed E-state index contributed by atoms with van der Waals surface area (Å²) in [7, 11) is 1.87. The van der Waals surface area contributed by atoms with E-state index in [2.05, 4.69) is 36.5 Å². The molecule has 0 atom stereocenters.